The van der Waals surface area contributed by atoms with Crippen LogP contribution >= 0.6 is 11.8 Å². The second-order valence-electron chi connectivity index (χ2n) is 17.0. The number of anilines is 6. The van der Waals surface area contributed by atoms with Gasteiger partial charge in [-0.05, 0) is 93.5 Å². The first-order chi connectivity index (χ1) is 31.5. The number of fused-ring (bicyclic) bond motifs is 13. The van der Waals surface area contributed by atoms with Crippen molar-refractivity contribution < 1.29 is 13.2 Å². The van der Waals surface area contributed by atoms with Gasteiger partial charge in [0.05, 0.1) is 28.0 Å². The van der Waals surface area contributed by atoms with Gasteiger partial charge in [-0.25, -0.2) is 0 Å². The van der Waals surface area contributed by atoms with E-state index in [9.17, 15) is 0 Å². The van der Waals surface area contributed by atoms with Crippen LogP contribution in [-0.4, -0.2) is 18.0 Å². The number of nitrogens with zero attached hydrogens (tertiary/aromatic N) is 3. The third-order valence-electron chi connectivity index (χ3n) is 13.8. The molecule has 1 aromatic heterocycles. The average molecular weight is 846 g/mol. The molecule has 0 aliphatic carbocycles. The lowest BCUT2D eigenvalue weighted by Gasteiger charge is -2.50. The summed E-state index contributed by atoms with van der Waals surface area (Å²) in [6.45, 7) is -0.396. The lowest BCUT2D eigenvalue weighted by atomic mass is 9.29. The molecule has 0 amide bonds. The molecule has 0 saturated carbocycles. The zero-order valence-electron chi connectivity index (χ0n) is 34.0. The maximum Gasteiger partial charge on any atom is 0.418 e. The summed E-state index contributed by atoms with van der Waals surface area (Å²) >= 11 is 1.75. The number of rotatable bonds is 3. The van der Waals surface area contributed by atoms with Gasteiger partial charge in [0.1, 0.15) is 0 Å². The number of halogens is 3. The van der Waals surface area contributed by atoms with E-state index in [2.05, 4.69) is 155 Å². The Bertz CT molecular complexity index is 3630. The standard InChI is InChI=1S/C55H32B2F3N3S/c58-55(59,60)36-21-5-11-27-42(36)62-43-28-12-6-22-37(43)56-38-23-7-13-29-44(38)63-45-30-14-8-24-39(45)57-40-25-9-15-32-47(40)64-54-49(52(62)50(56)53(63)51(54)57)35-20-16-31-46-48(35)34-19-4-10-26-41(34)61(46)33-17-2-1-3-18-33/h1-32H. The average Bonchev–Trinajstić information content (AvgIpc) is 3.68. The van der Waals surface area contributed by atoms with Crippen LogP contribution in [0.3, 0.4) is 0 Å². The fraction of sp³-hybridized carbons (Fsp3) is 0.0182. The SMILES string of the molecule is FC(F)(F)c1ccccc1N1c2ccccc2B2c3ccccc3N3c4ccccc4B4c5ccccc5Sc5c4c3c2c1c5-c1cccc2c1c1ccccc1n2-c1ccccc1. The van der Waals surface area contributed by atoms with Crippen LogP contribution in [0.4, 0.5) is 47.3 Å². The van der Waals surface area contributed by atoms with Crippen LogP contribution in [0.1, 0.15) is 5.56 Å². The predicted octanol–water partition coefficient (Wildman–Crippen LogP) is 10.8. The molecular formula is C55H32B2F3N3S. The maximum absolute atomic E-state index is 15.6. The molecule has 5 heterocycles. The van der Waals surface area contributed by atoms with Gasteiger partial charge in [-0.15, -0.1) is 0 Å². The van der Waals surface area contributed by atoms with Crippen molar-refractivity contribution >= 4 is 114 Å². The minimum atomic E-state index is -4.62. The van der Waals surface area contributed by atoms with E-state index >= 15 is 13.2 Å². The van der Waals surface area contributed by atoms with E-state index in [-0.39, 0.29) is 19.1 Å². The third kappa shape index (κ3) is 4.72. The van der Waals surface area contributed by atoms with Gasteiger partial charge in [0.15, 0.2) is 0 Å². The summed E-state index contributed by atoms with van der Waals surface area (Å²) in [5.41, 5.74) is 16.0. The van der Waals surface area contributed by atoms with E-state index < -0.39 is 11.7 Å². The van der Waals surface area contributed by atoms with Crippen LogP contribution in [-0.2, 0) is 6.18 Å². The van der Waals surface area contributed by atoms with Gasteiger partial charge in [-0.1, -0.05) is 151 Å². The molecule has 4 aliphatic rings. The number of hydrogen-bond acceptors (Lipinski definition) is 3. The molecule has 9 heteroatoms. The maximum atomic E-state index is 15.6. The minimum absolute atomic E-state index is 0.101. The van der Waals surface area contributed by atoms with E-state index in [1.165, 1.54) is 28.5 Å². The van der Waals surface area contributed by atoms with E-state index in [1.54, 1.807) is 23.9 Å². The van der Waals surface area contributed by atoms with Crippen molar-refractivity contribution in [2.75, 3.05) is 9.80 Å². The zero-order chi connectivity index (χ0) is 42.4. The fourth-order valence-corrected chi connectivity index (χ4v) is 12.8. The number of alkyl halides is 3. The Morgan fingerprint density at radius 1 is 0.438 bits per heavy atom. The Balaban J connectivity index is 1.24. The van der Waals surface area contributed by atoms with Crippen molar-refractivity contribution in [3.05, 3.63) is 200 Å². The van der Waals surface area contributed by atoms with Gasteiger partial charge < -0.3 is 14.4 Å². The predicted molar refractivity (Wildman–Crippen MR) is 260 cm³/mol. The highest BCUT2D eigenvalue weighted by atomic mass is 32.2. The molecule has 4 aliphatic heterocycles. The molecule has 0 fully saturated rings. The molecule has 9 aromatic carbocycles. The first-order valence-electron chi connectivity index (χ1n) is 21.6. The van der Waals surface area contributed by atoms with Crippen LogP contribution in [0.5, 0.6) is 0 Å². The quantitative estimate of drug-likeness (QED) is 0.164. The molecule has 10 aromatic rings. The lowest BCUT2D eigenvalue weighted by molar-refractivity contribution is -0.137. The molecule has 300 valence electrons. The summed E-state index contributed by atoms with van der Waals surface area (Å²) in [6, 6.07) is 65.7. The summed E-state index contributed by atoms with van der Waals surface area (Å²) in [5, 5.41) is 2.13. The zero-order valence-corrected chi connectivity index (χ0v) is 34.8. The van der Waals surface area contributed by atoms with Crippen molar-refractivity contribution in [2.24, 2.45) is 0 Å². The normalized spacial score (nSPS) is 14.0. The summed E-state index contributed by atoms with van der Waals surface area (Å²) in [5.74, 6) is 0. The number of hydrogen-bond donors (Lipinski definition) is 0. The van der Waals surface area contributed by atoms with Crippen molar-refractivity contribution in [2.45, 2.75) is 16.0 Å². The topological polar surface area (TPSA) is 11.4 Å². The Morgan fingerprint density at radius 2 is 0.969 bits per heavy atom. The molecule has 14 rings (SSSR count). The molecule has 0 radical (unpaired) electrons. The van der Waals surface area contributed by atoms with Crippen molar-refractivity contribution in [3.8, 4) is 16.8 Å². The largest absolute Gasteiger partial charge is 0.418 e. The first kappa shape index (κ1) is 36.2. The third-order valence-corrected chi connectivity index (χ3v) is 15.1. The second-order valence-corrected chi connectivity index (χ2v) is 18.0. The number of benzene rings is 9. The Morgan fingerprint density at radius 3 is 1.66 bits per heavy atom. The van der Waals surface area contributed by atoms with Gasteiger partial charge in [0.2, 0.25) is 6.71 Å². The smallest absolute Gasteiger partial charge is 0.312 e. The summed E-state index contributed by atoms with van der Waals surface area (Å²) in [7, 11) is 0. The monoisotopic (exact) mass is 845 g/mol. The van der Waals surface area contributed by atoms with E-state index in [0.717, 1.165) is 93.2 Å². The van der Waals surface area contributed by atoms with Gasteiger partial charge in [0, 0.05) is 54.6 Å². The minimum Gasteiger partial charge on any atom is -0.312 e. The van der Waals surface area contributed by atoms with Crippen LogP contribution in [0.15, 0.2) is 204 Å². The molecule has 64 heavy (non-hydrogen) atoms. The van der Waals surface area contributed by atoms with Crippen LogP contribution in [0.25, 0.3) is 38.6 Å². The fourth-order valence-electron chi connectivity index (χ4n) is 11.5. The van der Waals surface area contributed by atoms with Gasteiger partial charge in [-0.3, -0.25) is 0 Å². The molecule has 0 unspecified atom stereocenters. The van der Waals surface area contributed by atoms with Gasteiger partial charge >= 0.3 is 6.18 Å². The van der Waals surface area contributed by atoms with Crippen molar-refractivity contribution in [3.63, 3.8) is 0 Å². The van der Waals surface area contributed by atoms with Crippen LogP contribution < -0.4 is 42.6 Å². The van der Waals surface area contributed by atoms with Gasteiger partial charge in [0.25, 0.3) is 6.71 Å². The Hall–Kier alpha value is -7.35. The molecule has 0 bridgehead atoms. The molecule has 3 nitrogen and oxygen atoms in total. The number of para-hydroxylation sites is 6. The molecule has 0 spiro atoms. The summed E-state index contributed by atoms with van der Waals surface area (Å²) < 4.78 is 49.2. The highest BCUT2D eigenvalue weighted by Gasteiger charge is 2.52. The molecular weight excluding hydrogens is 813 g/mol. The number of aromatic nitrogens is 1. The highest BCUT2D eigenvalue weighted by Crippen LogP contribution is 2.56. The molecule has 0 saturated heterocycles. The second kappa shape index (κ2) is 13.1. The van der Waals surface area contributed by atoms with Crippen molar-refractivity contribution in [1.29, 1.82) is 0 Å². The first-order valence-corrected chi connectivity index (χ1v) is 22.4. The molecule has 0 N–H and O–H groups in total. The Labute approximate surface area is 372 Å². The lowest BCUT2D eigenvalue weighted by Crippen LogP contribution is -2.68. The highest BCUT2D eigenvalue weighted by molar-refractivity contribution is 8.00. The van der Waals surface area contributed by atoms with Crippen molar-refractivity contribution in [1.82, 2.24) is 4.57 Å². The van der Waals surface area contributed by atoms with E-state index in [4.69, 9.17) is 0 Å². The van der Waals surface area contributed by atoms with E-state index in [0.29, 0.717) is 0 Å². The summed E-state index contributed by atoms with van der Waals surface area (Å²) in [4.78, 5) is 6.60. The van der Waals surface area contributed by atoms with E-state index in [1.807, 2.05) is 29.2 Å². The Kier molecular flexibility index (Phi) is 7.40. The van der Waals surface area contributed by atoms with Crippen LogP contribution in [0.2, 0.25) is 0 Å². The molecule has 0 atom stereocenters. The van der Waals surface area contributed by atoms with Gasteiger partial charge in [-0.2, -0.15) is 13.2 Å². The van der Waals surface area contributed by atoms with Crippen LogP contribution in [0, 0.1) is 0 Å². The summed E-state index contributed by atoms with van der Waals surface area (Å²) in [6.07, 6.45) is -4.62.